The molecule has 0 aliphatic heterocycles. The summed E-state index contributed by atoms with van der Waals surface area (Å²) in [4.78, 5) is 12.0. The van der Waals surface area contributed by atoms with Crippen molar-refractivity contribution in [3.05, 3.63) is 83.5 Å². The average molecular weight is 393 g/mol. The van der Waals surface area contributed by atoms with Crippen LogP contribution in [-0.2, 0) is 6.42 Å². The van der Waals surface area contributed by atoms with Gasteiger partial charge in [-0.1, -0.05) is 29.8 Å². The van der Waals surface area contributed by atoms with Gasteiger partial charge in [0.2, 0.25) is 0 Å². The largest absolute Gasteiger partial charge is 0.348 e. The first-order valence-corrected chi connectivity index (χ1v) is 7.79. The number of fused-ring (bicyclic) bond motifs is 1. The van der Waals surface area contributed by atoms with E-state index in [1.54, 1.807) is 6.20 Å². The fourth-order valence-corrected chi connectivity index (χ4v) is 3.01. The lowest BCUT2D eigenvalue weighted by Crippen LogP contribution is -1.94. The number of rotatable bonds is 3. The molecule has 0 bridgehead atoms. The normalized spacial score (nSPS) is 10.1. The molecule has 4 aromatic rings. The second kappa shape index (κ2) is 8.34. The van der Waals surface area contributed by atoms with Crippen LogP contribution in [0.15, 0.2) is 67.1 Å². The van der Waals surface area contributed by atoms with E-state index in [0.29, 0.717) is 0 Å². The Morgan fingerprint density at radius 1 is 0.920 bits per heavy atom. The summed E-state index contributed by atoms with van der Waals surface area (Å²) < 4.78 is 0. The molecule has 4 rings (SSSR count). The van der Waals surface area contributed by atoms with E-state index in [1.165, 1.54) is 5.56 Å². The van der Waals surface area contributed by atoms with Crippen LogP contribution in [0.1, 0.15) is 11.4 Å². The zero-order valence-electron chi connectivity index (χ0n) is 13.1. The predicted octanol–water partition coefficient (Wildman–Crippen LogP) is 5.71. The van der Waals surface area contributed by atoms with Crippen molar-refractivity contribution in [1.29, 1.82) is 0 Å². The van der Waals surface area contributed by atoms with Gasteiger partial charge in [-0.05, 0) is 41.5 Å². The van der Waals surface area contributed by atoms with Gasteiger partial charge < -0.3 is 4.98 Å². The van der Waals surface area contributed by atoms with Gasteiger partial charge in [0.15, 0.2) is 0 Å². The second-order valence-corrected chi connectivity index (χ2v) is 5.88. The van der Waals surface area contributed by atoms with Crippen molar-refractivity contribution in [3.8, 4) is 11.1 Å². The minimum absolute atomic E-state index is 0. The summed E-state index contributed by atoms with van der Waals surface area (Å²) in [5, 5.41) is 1.84. The Morgan fingerprint density at radius 2 is 1.80 bits per heavy atom. The lowest BCUT2D eigenvalue weighted by Gasteiger charge is -2.10. The number of benzene rings is 2. The van der Waals surface area contributed by atoms with Gasteiger partial charge in [0.1, 0.15) is 5.82 Å². The molecule has 0 saturated carbocycles. The standard InChI is InChI=1S/C19H14ClN3.2ClH/c20-16-5-1-3-14(12-16)17-10-13(11-18-21-7-8-22-18)9-15-4-2-6-23-19(15)17;;/h1-10,12H,11H2,(H,21,22);2*1H. The molecule has 0 fully saturated rings. The van der Waals surface area contributed by atoms with Gasteiger partial charge in [-0.2, -0.15) is 0 Å². The van der Waals surface area contributed by atoms with Crippen LogP contribution in [-0.4, -0.2) is 15.0 Å². The summed E-state index contributed by atoms with van der Waals surface area (Å²) in [5.41, 5.74) is 4.34. The van der Waals surface area contributed by atoms with Gasteiger partial charge in [-0.25, -0.2) is 4.98 Å². The second-order valence-electron chi connectivity index (χ2n) is 5.44. The van der Waals surface area contributed by atoms with Crippen LogP contribution in [0.2, 0.25) is 5.02 Å². The lowest BCUT2D eigenvalue weighted by atomic mass is 9.97. The van der Waals surface area contributed by atoms with Crippen LogP contribution in [0, 0.1) is 0 Å². The van der Waals surface area contributed by atoms with Crippen molar-refractivity contribution >= 4 is 47.3 Å². The van der Waals surface area contributed by atoms with E-state index < -0.39 is 0 Å². The Morgan fingerprint density at radius 3 is 2.56 bits per heavy atom. The Kier molecular flexibility index (Phi) is 6.43. The van der Waals surface area contributed by atoms with Crippen LogP contribution in [0.3, 0.4) is 0 Å². The highest BCUT2D eigenvalue weighted by Gasteiger charge is 2.09. The first-order valence-electron chi connectivity index (χ1n) is 7.41. The third-order valence-corrected chi connectivity index (χ3v) is 4.06. The van der Waals surface area contributed by atoms with E-state index in [-0.39, 0.29) is 24.8 Å². The first-order chi connectivity index (χ1) is 11.3. The van der Waals surface area contributed by atoms with Crippen LogP contribution < -0.4 is 0 Å². The molecule has 128 valence electrons. The molecule has 2 heterocycles. The topological polar surface area (TPSA) is 41.6 Å². The van der Waals surface area contributed by atoms with Gasteiger partial charge in [0.05, 0.1) is 5.52 Å². The quantitative estimate of drug-likeness (QED) is 0.485. The number of pyridine rings is 1. The van der Waals surface area contributed by atoms with E-state index >= 15 is 0 Å². The van der Waals surface area contributed by atoms with Crippen LogP contribution in [0.5, 0.6) is 0 Å². The number of halogens is 3. The number of aromatic nitrogens is 3. The Labute approximate surface area is 163 Å². The van der Waals surface area contributed by atoms with Crippen molar-refractivity contribution < 1.29 is 0 Å². The van der Waals surface area contributed by atoms with Crippen molar-refractivity contribution in [2.24, 2.45) is 0 Å². The molecule has 0 unspecified atom stereocenters. The third kappa shape index (κ3) is 4.13. The molecule has 0 radical (unpaired) electrons. The monoisotopic (exact) mass is 391 g/mol. The fourth-order valence-electron chi connectivity index (χ4n) is 2.82. The lowest BCUT2D eigenvalue weighted by molar-refractivity contribution is 1.03. The highest BCUT2D eigenvalue weighted by molar-refractivity contribution is 6.30. The summed E-state index contributed by atoms with van der Waals surface area (Å²) in [7, 11) is 0. The summed E-state index contributed by atoms with van der Waals surface area (Å²) in [5.74, 6) is 0.949. The van der Waals surface area contributed by atoms with Crippen molar-refractivity contribution in [3.63, 3.8) is 0 Å². The number of hydrogen-bond acceptors (Lipinski definition) is 2. The maximum atomic E-state index is 6.17. The van der Waals surface area contributed by atoms with Gasteiger partial charge in [0, 0.05) is 41.0 Å². The predicted molar refractivity (Wildman–Crippen MR) is 108 cm³/mol. The van der Waals surface area contributed by atoms with Gasteiger partial charge in [-0.3, -0.25) is 4.98 Å². The zero-order chi connectivity index (χ0) is 15.6. The van der Waals surface area contributed by atoms with E-state index in [4.69, 9.17) is 11.6 Å². The van der Waals surface area contributed by atoms with Crippen LogP contribution in [0.25, 0.3) is 22.0 Å². The Balaban J connectivity index is 0.00000113. The minimum atomic E-state index is 0. The first kappa shape index (κ1) is 19.3. The smallest absolute Gasteiger partial charge is 0.110 e. The molecule has 2 aromatic heterocycles. The van der Waals surface area contributed by atoms with Crippen LogP contribution >= 0.6 is 36.4 Å². The molecular weight excluding hydrogens is 377 g/mol. The van der Waals surface area contributed by atoms with E-state index in [0.717, 1.165) is 39.3 Å². The molecule has 6 heteroatoms. The zero-order valence-corrected chi connectivity index (χ0v) is 15.5. The SMILES string of the molecule is Cl.Cl.Clc1cccc(-c2cc(Cc3ncc[nH]3)cc3cccnc23)c1. The summed E-state index contributed by atoms with van der Waals surface area (Å²) >= 11 is 6.17. The molecule has 2 aromatic carbocycles. The Bertz CT molecular complexity index is 969. The average Bonchev–Trinajstić information content (AvgIpc) is 3.07. The van der Waals surface area contributed by atoms with E-state index in [9.17, 15) is 0 Å². The number of imidazole rings is 1. The number of hydrogen-bond donors (Lipinski definition) is 1. The molecule has 0 aliphatic rings. The summed E-state index contributed by atoms with van der Waals surface area (Å²) in [6.07, 6.45) is 6.19. The number of H-pyrrole nitrogens is 1. The molecule has 1 N–H and O–H groups in total. The Hall–Kier alpha value is -2.07. The van der Waals surface area contributed by atoms with Crippen molar-refractivity contribution in [2.45, 2.75) is 6.42 Å². The van der Waals surface area contributed by atoms with Crippen molar-refractivity contribution in [2.75, 3.05) is 0 Å². The molecule has 25 heavy (non-hydrogen) atoms. The number of aromatic amines is 1. The number of nitrogens with one attached hydrogen (secondary N) is 1. The van der Waals surface area contributed by atoms with Gasteiger partial charge in [-0.15, -0.1) is 24.8 Å². The molecule has 0 aliphatic carbocycles. The third-order valence-electron chi connectivity index (χ3n) is 3.83. The highest BCUT2D eigenvalue weighted by Crippen LogP contribution is 2.30. The fraction of sp³-hybridized carbons (Fsp3) is 0.0526. The van der Waals surface area contributed by atoms with E-state index in [2.05, 4.69) is 39.2 Å². The van der Waals surface area contributed by atoms with Crippen molar-refractivity contribution in [1.82, 2.24) is 15.0 Å². The highest BCUT2D eigenvalue weighted by atomic mass is 35.5. The minimum Gasteiger partial charge on any atom is -0.348 e. The molecule has 3 nitrogen and oxygen atoms in total. The van der Waals surface area contributed by atoms with Crippen LogP contribution in [0.4, 0.5) is 0 Å². The van der Waals surface area contributed by atoms with Gasteiger partial charge in [0.25, 0.3) is 0 Å². The molecule has 0 atom stereocenters. The maximum Gasteiger partial charge on any atom is 0.110 e. The summed E-state index contributed by atoms with van der Waals surface area (Å²) in [6.45, 7) is 0. The summed E-state index contributed by atoms with van der Waals surface area (Å²) in [6, 6.07) is 16.3. The number of nitrogens with zero attached hydrogens (tertiary/aromatic N) is 2. The van der Waals surface area contributed by atoms with Gasteiger partial charge >= 0.3 is 0 Å². The maximum absolute atomic E-state index is 6.17. The molecule has 0 amide bonds. The molecule has 0 saturated heterocycles. The van der Waals surface area contributed by atoms with E-state index in [1.807, 2.05) is 36.7 Å². The molecular formula is C19H16Cl3N3. The molecule has 0 spiro atoms.